The van der Waals surface area contributed by atoms with Gasteiger partial charge < -0.3 is 10.5 Å². The molecule has 0 aliphatic heterocycles. The maximum Gasteiger partial charge on any atom is 0.149 e. The van der Waals surface area contributed by atoms with E-state index in [0.29, 0.717) is 11.3 Å². The maximum atomic E-state index is 13.4. The zero-order valence-corrected chi connectivity index (χ0v) is 8.88. The molecule has 0 bridgehead atoms. The second-order valence-corrected chi connectivity index (χ2v) is 3.19. The summed E-state index contributed by atoms with van der Waals surface area (Å²) in [4.78, 5) is 0. The van der Waals surface area contributed by atoms with Crippen molar-refractivity contribution in [2.24, 2.45) is 5.73 Å². The van der Waals surface area contributed by atoms with Crippen LogP contribution in [0.4, 0.5) is 4.39 Å². The molecule has 2 nitrogen and oxygen atoms in total. The van der Waals surface area contributed by atoms with Gasteiger partial charge in [-0.25, -0.2) is 4.39 Å². The van der Waals surface area contributed by atoms with Gasteiger partial charge in [-0.05, 0) is 19.9 Å². The molecule has 0 fully saturated rings. The van der Waals surface area contributed by atoms with Crippen molar-refractivity contribution in [2.45, 2.75) is 19.9 Å². The Kier molecular flexibility index (Phi) is 4.14. The van der Waals surface area contributed by atoms with E-state index >= 15 is 0 Å². The molecule has 1 aromatic carbocycles. The summed E-state index contributed by atoms with van der Waals surface area (Å²) in [5, 5.41) is 0. The van der Waals surface area contributed by atoms with Crippen LogP contribution in [0.25, 0.3) is 0 Å². The number of ether oxygens (including phenoxy) is 1. The molecule has 15 heavy (non-hydrogen) atoms. The molecule has 0 aliphatic rings. The van der Waals surface area contributed by atoms with Crippen LogP contribution in [0, 0.1) is 17.7 Å². The van der Waals surface area contributed by atoms with Gasteiger partial charge in [0, 0.05) is 17.7 Å². The summed E-state index contributed by atoms with van der Waals surface area (Å²) in [5.41, 5.74) is 6.07. The van der Waals surface area contributed by atoms with Crippen molar-refractivity contribution in [3.05, 3.63) is 29.6 Å². The molecule has 1 rings (SSSR count). The standard InChI is InChI=1S/C12H14FNO/c1-3-4-7-15-10-5-6-11(9(2)14)12(13)8-10/h5-6,8-9H,7,14H2,1-2H3. The third-order valence-electron chi connectivity index (χ3n) is 1.95. The number of rotatable bonds is 3. The zero-order chi connectivity index (χ0) is 11.3. The molecule has 1 unspecified atom stereocenters. The van der Waals surface area contributed by atoms with Crippen LogP contribution in [0.5, 0.6) is 5.75 Å². The fraction of sp³-hybridized carbons (Fsp3) is 0.333. The van der Waals surface area contributed by atoms with Gasteiger partial charge in [0.1, 0.15) is 18.2 Å². The fourth-order valence-corrected chi connectivity index (χ4v) is 1.16. The van der Waals surface area contributed by atoms with Gasteiger partial charge >= 0.3 is 0 Å². The van der Waals surface area contributed by atoms with Crippen LogP contribution in [0.2, 0.25) is 0 Å². The van der Waals surface area contributed by atoms with Gasteiger partial charge in [-0.2, -0.15) is 0 Å². The van der Waals surface area contributed by atoms with Crippen molar-refractivity contribution in [3.63, 3.8) is 0 Å². The molecule has 0 saturated carbocycles. The van der Waals surface area contributed by atoms with E-state index in [4.69, 9.17) is 10.5 Å². The van der Waals surface area contributed by atoms with Crippen LogP contribution in [0.1, 0.15) is 25.5 Å². The lowest BCUT2D eigenvalue weighted by atomic mass is 10.1. The molecule has 2 N–H and O–H groups in total. The van der Waals surface area contributed by atoms with E-state index in [9.17, 15) is 4.39 Å². The first-order valence-electron chi connectivity index (χ1n) is 4.72. The van der Waals surface area contributed by atoms with Crippen LogP contribution in [-0.2, 0) is 0 Å². The first-order valence-corrected chi connectivity index (χ1v) is 4.72. The lowest BCUT2D eigenvalue weighted by Crippen LogP contribution is -2.07. The SMILES string of the molecule is CC#CCOc1ccc(C(C)N)c(F)c1. The predicted molar refractivity (Wildman–Crippen MR) is 57.9 cm³/mol. The van der Waals surface area contributed by atoms with Gasteiger partial charge in [-0.3, -0.25) is 0 Å². The molecule has 0 saturated heterocycles. The van der Waals surface area contributed by atoms with Crippen molar-refractivity contribution in [1.82, 2.24) is 0 Å². The second kappa shape index (κ2) is 5.38. The largest absolute Gasteiger partial charge is 0.481 e. The highest BCUT2D eigenvalue weighted by Crippen LogP contribution is 2.20. The molecule has 0 amide bonds. The molecule has 0 spiro atoms. The van der Waals surface area contributed by atoms with Crippen molar-refractivity contribution in [2.75, 3.05) is 6.61 Å². The molecular weight excluding hydrogens is 193 g/mol. The smallest absolute Gasteiger partial charge is 0.149 e. The normalized spacial score (nSPS) is 11.5. The summed E-state index contributed by atoms with van der Waals surface area (Å²) in [6, 6.07) is 4.35. The lowest BCUT2D eigenvalue weighted by Gasteiger charge is -2.08. The Hall–Kier alpha value is -1.53. The van der Waals surface area contributed by atoms with Crippen LogP contribution < -0.4 is 10.5 Å². The summed E-state index contributed by atoms with van der Waals surface area (Å²) in [7, 11) is 0. The Morgan fingerprint density at radius 2 is 2.27 bits per heavy atom. The topological polar surface area (TPSA) is 35.2 Å². The molecule has 1 atom stereocenters. The van der Waals surface area contributed by atoms with Crippen molar-refractivity contribution in [1.29, 1.82) is 0 Å². The van der Waals surface area contributed by atoms with Crippen LogP contribution in [-0.4, -0.2) is 6.61 Å². The molecule has 1 aromatic rings. The Morgan fingerprint density at radius 3 is 2.80 bits per heavy atom. The third kappa shape index (κ3) is 3.26. The predicted octanol–water partition coefficient (Wildman–Crippen LogP) is 2.25. The van der Waals surface area contributed by atoms with E-state index < -0.39 is 0 Å². The van der Waals surface area contributed by atoms with Gasteiger partial charge in [-0.1, -0.05) is 12.0 Å². The Morgan fingerprint density at radius 1 is 1.53 bits per heavy atom. The molecule has 0 heterocycles. The van der Waals surface area contributed by atoms with Crippen molar-refractivity contribution < 1.29 is 9.13 Å². The maximum absolute atomic E-state index is 13.4. The lowest BCUT2D eigenvalue weighted by molar-refractivity contribution is 0.367. The third-order valence-corrected chi connectivity index (χ3v) is 1.95. The molecular formula is C12H14FNO. The van der Waals surface area contributed by atoms with E-state index in [1.165, 1.54) is 6.07 Å². The van der Waals surface area contributed by atoms with Gasteiger partial charge in [0.15, 0.2) is 0 Å². The molecule has 0 aromatic heterocycles. The fourth-order valence-electron chi connectivity index (χ4n) is 1.16. The van der Waals surface area contributed by atoms with Gasteiger partial charge in [0.05, 0.1) is 0 Å². The summed E-state index contributed by atoms with van der Waals surface area (Å²) in [5.74, 6) is 5.56. The van der Waals surface area contributed by atoms with E-state index in [1.54, 1.807) is 26.0 Å². The van der Waals surface area contributed by atoms with E-state index in [0.717, 1.165) is 0 Å². The van der Waals surface area contributed by atoms with Crippen LogP contribution in [0.3, 0.4) is 0 Å². The highest BCUT2D eigenvalue weighted by atomic mass is 19.1. The quantitative estimate of drug-likeness (QED) is 0.771. The first-order chi connectivity index (χ1) is 7.15. The minimum absolute atomic E-state index is 0.271. The van der Waals surface area contributed by atoms with E-state index in [-0.39, 0.29) is 18.5 Å². The molecule has 0 aliphatic carbocycles. The van der Waals surface area contributed by atoms with E-state index in [1.807, 2.05) is 0 Å². The monoisotopic (exact) mass is 207 g/mol. The second-order valence-electron chi connectivity index (χ2n) is 3.19. The van der Waals surface area contributed by atoms with Crippen LogP contribution >= 0.6 is 0 Å². The van der Waals surface area contributed by atoms with Gasteiger partial charge in [0.25, 0.3) is 0 Å². The van der Waals surface area contributed by atoms with Crippen LogP contribution in [0.15, 0.2) is 18.2 Å². The number of hydrogen-bond donors (Lipinski definition) is 1. The summed E-state index contributed by atoms with van der Waals surface area (Å²) in [6.45, 7) is 3.73. The van der Waals surface area contributed by atoms with E-state index in [2.05, 4.69) is 11.8 Å². The highest BCUT2D eigenvalue weighted by molar-refractivity contribution is 5.30. The molecule has 0 radical (unpaired) electrons. The van der Waals surface area contributed by atoms with Gasteiger partial charge in [0.2, 0.25) is 0 Å². The number of nitrogens with two attached hydrogens (primary N) is 1. The average Bonchev–Trinajstić information content (AvgIpc) is 2.17. The summed E-state index contributed by atoms with van der Waals surface area (Å²) < 4.78 is 18.6. The Balaban J connectivity index is 2.76. The minimum atomic E-state index is -0.341. The molecule has 3 heteroatoms. The zero-order valence-electron chi connectivity index (χ0n) is 8.88. The number of hydrogen-bond acceptors (Lipinski definition) is 2. The summed E-state index contributed by atoms with van der Waals surface area (Å²) in [6.07, 6.45) is 0. The Labute approximate surface area is 89.2 Å². The number of halogens is 1. The van der Waals surface area contributed by atoms with Crippen molar-refractivity contribution in [3.8, 4) is 17.6 Å². The Bertz CT molecular complexity index is 390. The van der Waals surface area contributed by atoms with Crippen molar-refractivity contribution >= 4 is 0 Å². The number of benzene rings is 1. The highest BCUT2D eigenvalue weighted by Gasteiger charge is 2.07. The first kappa shape index (κ1) is 11.5. The molecule has 80 valence electrons. The minimum Gasteiger partial charge on any atom is -0.481 e. The average molecular weight is 207 g/mol. The summed E-state index contributed by atoms with van der Waals surface area (Å²) >= 11 is 0. The van der Waals surface area contributed by atoms with Gasteiger partial charge in [-0.15, -0.1) is 5.92 Å².